The molecule has 0 aromatic heterocycles. The summed E-state index contributed by atoms with van der Waals surface area (Å²) < 4.78 is 5.57. The molecule has 2 aliphatic heterocycles. The number of amides is 1. The minimum absolute atomic E-state index is 0.125. The number of rotatable bonds is 1. The van der Waals surface area contributed by atoms with E-state index in [0.29, 0.717) is 32.5 Å². The van der Waals surface area contributed by atoms with Gasteiger partial charge < -0.3 is 14.7 Å². The number of benzene rings is 1. The highest BCUT2D eigenvalue weighted by Crippen LogP contribution is 2.35. The van der Waals surface area contributed by atoms with E-state index in [1.165, 1.54) is 0 Å². The van der Waals surface area contributed by atoms with Crippen LogP contribution in [-0.2, 0) is 4.79 Å². The molecule has 0 aliphatic carbocycles. The van der Waals surface area contributed by atoms with Crippen molar-refractivity contribution in [2.24, 2.45) is 0 Å². The van der Waals surface area contributed by atoms with Crippen molar-refractivity contribution in [2.75, 3.05) is 19.7 Å². The second-order valence-electron chi connectivity index (χ2n) is 5.72. The van der Waals surface area contributed by atoms with E-state index in [9.17, 15) is 9.90 Å². The lowest BCUT2D eigenvalue weighted by molar-refractivity contribution is -0.136. The molecule has 3 rings (SSSR count). The maximum atomic E-state index is 12.5. The second-order valence-corrected chi connectivity index (χ2v) is 5.72. The van der Waals surface area contributed by atoms with Gasteiger partial charge in [-0.3, -0.25) is 4.79 Å². The maximum Gasteiger partial charge on any atom is 0.233 e. The molecule has 2 aliphatic rings. The zero-order valence-corrected chi connectivity index (χ0v) is 11.1. The maximum absolute atomic E-state index is 12.5. The lowest BCUT2D eigenvalue weighted by atomic mass is 9.92. The Morgan fingerprint density at radius 1 is 1.37 bits per heavy atom. The molecule has 0 spiro atoms. The van der Waals surface area contributed by atoms with Crippen molar-refractivity contribution >= 4 is 5.91 Å². The quantitative estimate of drug-likeness (QED) is 0.834. The highest BCUT2D eigenvalue weighted by Gasteiger charge is 2.36. The van der Waals surface area contributed by atoms with Crippen LogP contribution in [0.4, 0.5) is 0 Å². The predicted molar refractivity (Wildman–Crippen MR) is 71.1 cm³/mol. The van der Waals surface area contributed by atoms with E-state index in [4.69, 9.17) is 4.74 Å². The summed E-state index contributed by atoms with van der Waals surface area (Å²) >= 11 is 0. The van der Waals surface area contributed by atoms with E-state index in [1.54, 1.807) is 0 Å². The number of fused-ring (bicyclic) bond motifs is 1. The molecule has 1 aromatic rings. The van der Waals surface area contributed by atoms with Gasteiger partial charge in [0.1, 0.15) is 18.3 Å². The number of ether oxygens (including phenoxy) is 1. The number of nitrogens with zero attached hydrogens (tertiary/aromatic N) is 1. The van der Waals surface area contributed by atoms with Crippen LogP contribution in [0.5, 0.6) is 5.75 Å². The Labute approximate surface area is 113 Å². The molecular formula is C15H19NO3. The van der Waals surface area contributed by atoms with Crippen LogP contribution < -0.4 is 4.74 Å². The third-order valence-electron chi connectivity index (χ3n) is 4.15. The highest BCUT2D eigenvalue weighted by molar-refractivity contribution is 5.85. The van der Waals surface area contributed by atoms with Crippen molar-refractivity contribution in [1.29, 1.82) is 0 Å². The van der Waals surface area contributed by atoms with Crippen molar-refractivity contribution in [3.8, 4) is 5.75 Å². The molecule has 0 saturated carbocycles. The summed E-state index contributed by atoms with van der Waals surface area (Å²) in [5.74, 6) is 0.768. The van der Waals surface area contributed by atoms with E-state index < -0.39 is 5.60 Å². The first-order valence-electron chi connectivity index (χ1n) is 6.80. The lowest BCUT2D eigenvalue weighted by Crippen LogP contribution is -2.46. The van der Waals surface area contributed by atoms with E-state index >= 15 is 0 Å². The summed E-state index contributed by atoms with van der Waals surface area (Å²) in [6.07, 6.45) is 1.29. The third kappa shape index (κ3) is 2.32. The number of hydrogen-bond donors (Lipinski definition) is 1. The van der Waals surface area contributed by atoms with Crippen molar-refractivity contribution in [3.63, 3.8) is 0 Å². The Morgan fingerprint density at radius 3 is 2.79 bits per heavy atom. The molecule has 1 fully saturated rings. The molecule has 2 heterocycles. The fourth-order valence-electron chi connectivity index (χ4n) is 2.80. The van der Waals surface area contributed by atoms with Crippen LogP contribution in [0.2, 0.25) is 0 Å². The zero-order valence-electron chi connectivity index (χ0n) is 11.1. The zero-order chi connectivity index (χ0) is 13.5. The number of aliphatic hydroxyl groups is 1. The summed E-state index contributed by atoms with van der Waals surface area (Å²) in [7, 11) is 0. The minimum Gasteiger partial charge on any atom is -0.492 e. The first-order chi connectivity index (χ1) is 9.07. The van der Waals surface area contributed by atoms with Crippen LogP contribution in [0.3, 0.4) is 0 Å². The average molecular weight is 261 g/mol. The summed E-state index contributed by atoms with van der Waals surface area (Å²) in [6.45, 7) is 3.53. The average Bonchev–Trinajstić information content (AvgIpc) is 2.82. The first kappa shape index (κ1) is 12.5. The normalized spacial score (nSPS) is 24.7. The van der Waals surface area contributed by atoms with Gasteiger partial charge in [-0.05, 0) is 25.8 Å². The number of para-hydroxylation sites is 1. The van der Waals surface area contributed by atoms with Crippen LogP contribution in [0.25, 0.3) is 0 Å². The Hall–Kier alpha value is -1.55. The Bertz CT molecular complexity index is 488. The van der Waals surface area contributed by atoms with Gasteiger partial charge in [-0.25, -0.2) is 0 Å². The third-order valence-corrected chi connectivity index (χ3v) is 4.15. The number of carbonyl (C=O) groups is 1. The van der Waals surface area contributed by atoms with E-state index in [0.717, 1.165) is 11.3 Å². The van der Waals surface area contributed by atoms with Crippen molar-refractivity contribution in [1.82, 2.24) is 4.90 Å². The number of carbonyl (C=O) groups excluding carboxylic acids is 1. The topological polar surface area (TPSA) is 49.8 Å². The Morgan fingerprint density at radius 2 is 2.05 bits per heavy atom. The van der Waals surface area contributed by atoms with Gasteiger partial charge in [-0.1, -0.05) is 18.2 Å². The van der Waals surface area contributed by atoms with Crippen molar-refractivity contribution in [2.45, 2.75) is 31.3 Å². The van der Waals surface area contributed by atoms with E-state index in [1.807, 2.05) is 36.1 Å². The molecule has 102 valence electrons. The fraction of sp³-hybridized carbons (Fsp3) is 0.533. The molecule has 0 bridgehead atoms. The second kappa shape index (κ2) is 4.53. The molecule has 19 heavy (non-hydrogen) atoms. The lowest BCUT2D eigenvalue weighted by Gasteiger charge is -2.36. The molecule has 1 aromatic carbocycles. The van der Waals surface area contributed by atoms with Crippen LogP contribution in [0.15, 0.2) is 24.3 Å². The van der Waals surface area contributed by atoms with E-state index in [2.05, 4.69) is 0 Å². The van der Waals surface area contributed by atoms with Crippen LogP contribution in [0.1, 0.15) is 31.2 Å². The molecule has 1 N–H and O–H groups in total. The Balaban J connectivity index is 1.73. The summed E-state index contributed by atoms with van der Waals surface area (Å²) in [5.41, 5.74) is 0.366. The van der Waals surface area contributed by atoms with Gasteiger partial charge in [0, 0.05) is 18.7 Å². The van der Waals surface area contributed by atoms with Crippen molar-refractivity contribution in [3.05, 3.63) is 29.8 Å². The summed E-state index contributed by atoms with van der Waals surface area (Å²) in [4.78, 5) is 14.4. The molecule has 1 saturated heterocycles. The minimum atomic E-state index is -0.624. The number of piperidine rings is 1. The summed E-state index contributed by atoms with van der Waals surface area (Å²) in [6, 6.07) is 7.73. The van der Waals surface area contributed by atoms with Crippen molar-refractivity contribution < 1.29 is 14.6 Å². The molecule has 0 radical (unpaired) electrons. The predicted octanol–water partition coefficient (Wildman–Crippen LogP) is 1.54. The molecule has 4 heteroatoms. The van der Waals surface area contributed by atoms with Crippen LogP contribution >= 0.6 is 0 Å². The van der Waals surface area contributed by atoms with Gasteiger partial charge in [0.15, 0.2) is 0 Å². The fourth-order valence-corrected chi connectivity index (χ4v) is 2.80. The van der Waals surface area contributed by atoms with Gasteiger partial charge in [0.2, 0.25) is 5.91 Å². The van der Waals surface area contributed by atoms with Gasteiger partial charge in [-0.15, -0.1) is 0 Å². The largest absolute Gasteiger partial charge is 0.492 e. The first-order valence-corrected chi connectivity index (χ1v) is 6.80. The Kier molecular flexibility index (Phi) is 2.97. The monoisotopic (exact) mass is 261 g/mol. The molecule has 1 atom stereocenters. The van der Waals surface area contributed by atoms with Crippen LogP contribution in [0, 0.1) is 0 Å². The molecule has 1 unspecified atom stereocenters. The van der Waals surface area contributed by atoms with Gasteiger partial charge in [-0.2, -0.15) is 0 Å². The number of likely N-dealkylation sites (tertiary alicyclic amines) is 1. The van der Waals surface area contributed by atoms with Gasteiger partial charge in [0.05, 0.1) is 5.60 Å². The van der Waals surface area contributed by atoms with Crippen LogP contribution in [-0.4, -0.2) is 41.2 Å². The molecule has 1 amide bonds. The van der Waals surface area contributed by atoms with E-state index in [-0.39, 0.29) is 11.8 Å². The smallest absolute Gasteiger partial charge is 0.233 e. The highest BCUT2D eigenvalue weighted by atomic mass is 16.5. The standard InChI is InChI=1S/C15H19NO3/c1-15(18)6-8-16(9-7-15)14(17)12-10-19-13-5-3-2-4-11(12)13/h2-5,12,18H,6-10H2,1H3. The molecular weight excluding hydrogens is 242 g/mol. The SMILES string of the molecule is CC1(O)CCN(C(=O)C2COc3ccccc32)CC1. The van der Waals surface area contributed by atoms with Gasteiger partial charge in [0.25, 0.3) is 0 Å². The number of hydrogen-bond acceptors (Lipinski definition) is 3. The molecule has 4 nitrogen and oxygen atoms in total. The van der Waals surface area contributed by atoms with Gasteiger partial charge >= 0.3 is 0 Å². The summed E-state index contributed by atoms with van der Waals surface area (Å²) in [5, 5.41) is 9.93.